The first-order chi connectivity index (χ1) is 14.3. The first-order valence-electron chi connectivity index (χ1n) is 8.96. The van der Waals surface area contributed by atoms with Crippen molar-refractivity contribution in [1.29, 1.82) is 0 Å². The fourth-order valence-corrected chi connectivity index (χ4v) is 3.45. The quantitative estimate of drug-likeness (QED) is 0.610. The van der Waals surface area contributed by atoms with Crippen molar-refractivity contribution in [3.05, 3.63) is 75.7 Å². The molecule has 0 bridgehead atoms. The standard InChI is InChI=1S/C20H15Cl2N5O3/c1-11(27-19(29)13-8-15(21)16(22)9-14(13)20(27)30)18(28)24-17-5-7-26(25-17)10-12-4-2-3-6-23-12/h2-9,11H,10H2,1H3,(H,24,25,28). The van der Waals surface area contributed by atoms with Gasteiger partial charge in [-0.2, -0.15) is 5.10 Å². The van der Waals surface area contributed by atoms with Crippen LogP contribution >= 0.6 is 23.2 Å². The Labute approximate surface area is 181 Å². The molecule has 10 heteroatoms. The zero-order valence-electron chi connectivity index (χ0n) is 15.7. The molecule has 0 saturated carbocycles. The van der Waals surface area contributed by atoms with Crippen LogP contribution in [0.15, 0.2) is 48.8 Å². The van der Waals surface area contributed by atoms with Gasteiger partial charge in [0.05, 0.1) is 33.4 Å². The SMILES string of the molecule is CC(C(=O)Nc1ccn(Cc2ccccn2)n1)N1C(=O)c2cc(Cl)c(Cl)cc2C1=O. The molecule has 0 radical (unpaired) electrons. The van der Waals surface area contributed by atoms with Crippen molar-refractivity contribution in [3.8, 4) is 0 Å². The summed E-state index contributed by atoms with van der Waals surface area (Å²) in [5.74, 6) is -1.45. The molecular formula is C20H15Cl2N5O3. The van der Waals surface area contributed by atoms with Crippen molar-refractivity contribution in [2.75, 3.05) is 5.32 Å². The second-order valence-electron chi connectivity index (χ2n) is 6.68. The Bertz CT molecular complexity index is 1120. The number of nitrogens with zero attached hydrogens (tertiary/aromatic N) is 4. The van der Waals surface area contributed by atoms with Gasteiger partial charge in [-0.15, -0.1) is 0 Å². The highest BCUT2D eigenvalue weighted by Crippen LogP contribution is 2.32. The van der Waals surface area contributed by atoms with Gasteiger partial charge in [-0.1, -0.05) is 29.3 Å². The fraction of sp³-hybridized carbons (Fsp3) is 0.150. The molecule has 1 N–H and O–H groups in total. The fourth-order valence-electron chi connectivity index (χ4n) is 3.13. The summed E-state index contributed by atoms with van der Waals surface area (Å²) >= 11 is 11.9. The van der Waals surface area contributed by atoms with E-state index in [-0.39, 0.29) is 21.2 Å². The van der Waals surface area contributed by atoms with Crippen LogP contribution in [-0.4, -0.2) is 43.4 Å². The first kappa shape index (κ1) is 20.1. The zero-order valence-corrected chi connectivity index (χ0v) is 17.2. The predicted molar refractivity (Wildman–Crippen MR) is 111 cm³/mol. The number of rotatable bonds is 5. The predicted octanol–water partition coefficient (Wildman–Crippen LogP) is 3.26. The second kappa shape index (κ2) is 7.89. The third kappa shape index (κ3) is 3.67. The van der Waals surface area contributed by atoms with Crippen LogP contribution in [0, 0.1) is 0 Å². The molecule has 1 aliphatic heterocycles. The minimum Gasteiger partial charge on any atom is -0.307 e. The van der Waals surface area contributed by atoms with Crippen LogP contribution < -0.4 is 5.32 Å². The van der Waals surface area contributed by atoms with Gasteiger partial charge in [0.15, 0.2) is 5.82 Å². The summed E-state index contributed by atoms with van der Waals surface area (Å²) in [5, 5.41) is 7.22. The smallest absolute Gasteiger partial charge is 0.262 e. The third-order valence-corrected chi connectivity index (χ3v) is 5.39. The van der Waals surface area contributed by atoms with E-state index >= 15 is 0 Å². The molecule has 0 saturated heterocycles. The lowest BCUT2D eigenvalue weighted by molar-refractivity contribution is -0.119. The molecule has 152 valence electrons. The Morgan fingerprint density at radius 1 is 1.10 bits per heavy atom. The van der Waals surface area contributed by atoms with Gasteiger partial charge >= 0.3 is 0 Å². The van der Waals surface area contributed by atoms with Crippen molar-refractivity contribution in [3.63, 3.8) is 0 Å². The Balaban J connectivity index is 1.47. The molecule has 0 aliphatic carbocycles. The average Bonchev–Trinajstić information content (AvgIpc) is 3.25. The van der Waals surface area contributed by atoms with Gasteiger partial charge in [0, 0.05) is 18.5 Å². The number of pyridine rings is 1. The van der Waals surface area contributed by atoms with Crippen LogP contribution in [0.2, 0.25) is 10.0 Å². The normalized spacial score (nSPS) is 14.0. The summed E-state index contributed by atoms with van der Waals surface area (Å²) in [7, 11) is 0. The molecule has 1 aromatic carbocycles. The lowest BCUT2D eigenvalue weighted by Gasteiger charge is -2.21. The van der Waals surface area contributed by atoms with Crippen molar-refractivity contribution in [1.82, 2.24) is 19.7 Å². The largest absolute Gasteiger partial charge is 0.307 e. The van der Waals surface area contributed by atoms with Crippen molar-refractivity contribution in [2.45, 2.75) is 19.5 Å². The number of anilines is 1. The van der Waals surface area contributed by atoms with Crippen molar-refractivity contribution < 1.29 is 14.4 Å². The number of carbonyl (C=O) groups excluding carboxylic acids is 3. The van der Waals surface area contributed by atoms with E-state index in [1.54, 1.807) is 23.1 Å². The minimum atomic E-state index is -1.06. The van der Waals surface area contributed by atoms with Crippen LogP contribution in [0.5, 0.6) is 0 Å². The molecule has 1 atom stereocenters. The maximum absolute atomic E-state index is 12.7. The monoisotopic (exact) mass is 443 g/mol. The lowest BCUT2D eigenvalue weighted by atomic mass is 10.1. The number of benzene rings is 1. The summed E-state index contributed by atoms with van der Waals surface area (Å²) < 4.78 is 1.62. The number of carbonyl (C=O) groups is 3. The van der Waals surface area contributed by atoms with E-state index in [1.165, 1.54) is 19.1 Å². The first-order valence-corrected chi connectivity index (χ1v) is 9.72. The summed E-state index contributed by atoms with van der Waals surface area (Å²) in [6.45, 7) is 1.90. The number of fused-ring (bicyclic) bond motifs is 1. The van der Waals surface area contributed by atoms with Crippen LogP contribution in [-0.2, 0) is 11.3 Å². The van der Waals surface area contributed by atoms with Gasteiger partial charge in [0.25, 0.3) is 11.8 Å². The molecule has 0 spiro atoms. The Kier molecular flexibility index (Phi) is 5.27. The van der Waals surface area contributed by atoms with E-state index in [0.29, 0.717) is 12.4 Å². The number of hydrogen-bond donors (Lipinski definition) is 1. The van der Waals surface area contributed by atoms with Crippen LogP contribution in [0.25, 0.3) is 0 Å². The maximum Gasteiger partial charge on any atom is 0.262 e. The molecule has 3 amide bonds. The lowest BCUT2D eigenvalue weighted by Crippen LogP contribution is -2.45. The molecule has 3 aromatic rings. The average molecular weight is 444 g/mol. The molecule has 4 rings (SSSR count). The van der Waals surface area contributed by atoms with Crippen LogP contribution in [0.1, 0.15) is 33.3 Å². The van der Waals surface area contributed by atoms with E-state index in [4.69, 9.17) is 23.2 Å². The van der Waals surface area contributed by atoms with Crippen LogP contribution in [0.3, 0.4) is 0 Å². The number of halogens is 2. The Morgan fingerprint density at radius 3 is 2.37 bits per heavy atom. The number of hydrogen-bond acceptors (Lipinski definition) is 5. The molecule has 30 heavy (non-hydrogen) atoms. The van der Waals surface area contributed by atoms with Crippen molar-refractivity contribution in [2.24, 2.45) is 0 Å². The topological polar surface area (TPSA) is 97.2 Å². The third-order valence-electron chi connectivity index (χ3n) is 4.67. The van der Waals surface area contributed by atoms with E-state index in [1.807, 2.05) is 18.2 Å². The van der Waals surface area contributed by atoms with Crippen LogP contribution in [0.4, 0.5) is 5.82 Å². The van der Waals surface area contributed by atoms with Crippen molar-refractivity contribution >= 4 is 46.7 Å². The molecule has 2 aromatic heterocycles. The van der Waals surface area contributed by atoms with Gasteiger partial charge in [0.2, 0.25) is 5.91 Å². The summed E-state index contributed by atoms with van der Waals surface area (Å²) in [4.78, 5) is 43.1. The highest BCUT2D eigenvalue weighted by atomic mass is 35.5. The summed E-state index contributed by atoms with van der Waals surface area (Å²) in [6, 6.07) is 8.79. The highest BCUT2D eigenvalue weighted by molar-refractivity contribution is 6.43. The molecule has 1 aliphatic rings. The van der Waals surface area contributed by atoms with Gasteiger partial charge in [0.1, 0.15) is 6.04 Å². The number of imide groups is 1. The molecule has 3 heterocycles. The molecule has 0 fully saturated rings. The van der Waals surface area contributed by atoms with E-state index < -0.39 is 23.8 Å². The summed E-state index contributed by atoms with van der Waals surface area (Å²) in [5.41, 5.74) is 1.05. The summed E-state index contributed by atoms with van der Waals surface area (Å²) in [6.07, 6.45) is 3.38. The molecule has 8 nitrogen and oxygen atoms in total. The van der Waals surface area contributed by atoms with E-state index in [2.05, 4.69) is 15.4 Å². The van der Waals surface area contributed by atoms with Gasteiger partial charge < -0.3 is 5.32 Å². The Morgan fingerprint density at radius 2 is 1.77 bits per heavy atom. The molecule has 1 unspecified atom stereocenters. The van der Waals surface area contributed by atoms with Gasteiger partial charge in [-0.25, -0.2) is 0 Å². The zero-order chi connectivity index (χ0) is 21.4. The number of aromatic nitrogens is 3. The van der Waals surface area contributed by atoms with Gasteiger partial charge in [-0.3, -0.25) is 28.9 Å². The maximum atomic E-state index is 12.7. The molecular weight excluding hydrogens is 429 g/mol. The number of nitrogens with one attached hydrogen (secondary N) is 1. The Hall–Kier alpha value is -3.23. The van der Waals surface area contributed by atoms with Gasteiger partial charge in [-0.05, 0) is 31.2 Å². The number of amides is 3. The second-order valence-corrected chi connectivity index (χ2v) is 7.49. The highest BCUT2D eigenvalue weighted by Gasteiger charge is 2.41. The van der Waals surface area contributed by atoms with E-state index in [0.717, 1.165) is 10.6 Å². The minimum absolute atomic E-state index is 0.119. The van der Waals surface area contributed by atoms with E-state index in [9.17, 15) is 14.4 Å².